The molecule has 1 heterocycles. The van der Waals surface area contributed by atoms with Crippen molar-refractivity contribution in [1.29, 1.82) is 0 Å². The number of nitro groups is 1. The lowest BCUT2D eigenvalue weighted by Crippen LogP contribution is -2.21. The van der Waals surface area contributed by atoms with Gasteiger partial charge in [-0.25, -0.2) is 0 Å². The molecule has 0 N–H and O–H groups in total. The summed E-state index contributed by atoms with van der Waals surface area (Å²) in [7, 11) is 1.62. The van der Waals surface area contributed by atoms with Crippen molar-refractivity contribution < 1.29 is 4.92 Å². The molecule has 0 saturated carbocycles. The summed E-state index contributed by atoms with van der Waals surface area (Å²) in [6.45, 7) is 0. The zero-order valence-corrected chi connectivity index (χ0v) is 10.9. The van der Waals surface area contributed by atoms with Crippen LogP contribution >= 0.6 is 11.6 Å². The normalized spacial score (nSPS) is 10.4. The molecule has 0 spiro atoms. The summed E-state index contributed by atoms with van der Waals surface area (Å²) in [5.74, 6) is 0.141. The molecule has 0 aliphatic carbocycles. The first-order valence-corrected chi connectivity index (χ1v) is 6.07. The second-order valence-corrected chi connectivity index (χ2v) is 4.32. The highest BCUT2D eigenvalue weighted by atomic mass is 35.5. The molecule has 5 nitrogen and oxygen atoms in total. The van der Waals surface area contributed by atoms with Gasteiger partial charge in [-0.1, -0.05) is 18.2 Å². The standard InChI is InChI=1S/C13H11ClN2O3/c1-15-12(6-5-10(8-14)13(15)17)9-3-2-4-11(7-9)16(18)19/h2-7H,8H2,1H3. The number of rotatable bonds is 3. The summed E-state index contributed by atoms with van der Waals surface area (Å²) in [4.78, 5) is 22.3. The minimum absolute atomic E-state index is 0.00799. The van der Waals surface area contributed by atoms with Crippen LogP contribution < -0.4 is 5.56 Å². The van der Waals surface area contributed by atoms with Crippen LogP contribution in [-0.2, 0) is 12.9 Å². The van der Waals surface area contributed by atoms with Crippen molar-refractivity contribution in [2.45, 2.75) is 5.88 Å². The van der Waals surface area contributed by atoms with Gasteiger partial charge in [-0.05, 0) is 6.07 Å². The molecule has 0 aliphatic heterocycles. The molecule has 0 radical (unpaired) electrons. The minimum Gasteiger partial charge on any atom is -0.311 e. The molecule has 2 aromatic rings. The van der Waals surface area contributed by atoms with Gasteiger partial charge in [0.1, 0.15) is 0 Å². The number of hydrogen-bond acceptors (Lipinski definition) is 3. The highest BCUT2D eigenvalue weighted by Gasteiger charge is 2.10. The quantitative estimate of drug-likeness (QED) is 0.492. The predicted octanol–water partition coefficient (Wildman–Crippen LogP) is 2.70. The molecule has 1 aromatic heterocycles. The maximum atomic E-state index is 12.0. The van der Waals surface area contributed by atoms with E-state index in [1.165, 1.54) is 16.7 Å². The van der Waals surface area contributed by atoms with Crippen molar-refractivity contribution in [3.8, 4) is 11.3 Å². The zero-order chi connectivity index (χ0) is 14.0. The monoisotopic (exact) mass is 278 g/mol. The highest BCUT2D eigenvalue weighted by Crippen LogP contribution is 2.22. The maximum Gasteiger partial charge on any atom is 0.270 e. The second-order valence-electron chi connectivity index (χ2n) is 4.05. The van der Waals surface area contributed by atoms with Crippen LogP contribution in [0.2, 0.25) is 0 Å². The molecule has 2 rings (SSSR count). The maximum absolute atomic E-state index is 12.0. The average molecular weight is 279 g/mol. The molecule has 0 fully saturated rings. The molecule has 0 saturated heterocycles. The summed E-state index contributed by atoms with van der Waals surface area (Å²) < 4.78 is 1.44. The number of aromatic nitrogens is 1. The van der Waals surface area contributed by atoms with Crippen LogP contribution in [0, 0.1) is 10.1 Å². The Hall–Kier alpha value is -2.14. The number of nitrogens with zero attached hydrogens (tertiary/aromatic N) is 2. The van der Waals surface area contributed by atoms with Gasteiger partial charge in [0.25, 0.3) is 11.2 Å². The summed E-state index contributed by atoms with van der Waals surface area (Å²) in [5.41, 5.74) is 1.53. The molecule has 19 heavy (non-hydrogen) atoms. The lowest BCUT2D eigenvalue weighted by molar-refractivity contribution is -0.384. The molecule has 1 aromatic carbocycles. The average Bonchev–Trinajstić information content (AvgIpc) is 2.42. The van der Waals surface area contributed by atoms with Crippen molar-refractivity contribution in [3.05, 3.63) is 62.4 Å². The summed E-state index contributed by atoms with van der Waals surface area (Å²) >= 11 is 5.67. The predicted molar refractivity (Wildman–Crippen MR) is 73.3 cm³/mol. The van der Waals surface area contributed by atoms with E-state index < -0.39 is 4.92 Å². The molecule has 0 aliphatic rings. The fraction of sp³-hybridized carbons (Fsp3) is 0.154. The molecule has 0 bridgehead atoms. The highest BCUT2D eigenvalue weighted by molar-refractivity contribution is 6.17. The van der Waals surface area contributed by atoms with Gasteiger partial charge in [0.15, 0.2) is 0 Å². The summed E-state index contributed by atoms with van der Waals surface area (Å²) in [5, 5.41) is 10.8. The SMILES string of the molecule is Cn1c(-c2cccc([N+](=O)[O-])c2)ccc(CCl)c1=O. The van der Waals surface area contributed by atoms with Gasteiger partial charge < -0.3 is 4.57 Å². The number of nitro benzene ring substituents is 1. The number of halogens is 1. The van der Waals surface area contributed by atoms with E-state index in [4.69, 9.17) is 11.6 Å². The number of hydrogen-bond donors (Lipinski definition) is 0. The smallest absolute Gasteiger partial charge is 0.270 e. The third-order valence-electron chi connectivity index (χ3n) is 2.88. The van der Waals surface area contributed by atoms with Gasteiger partial charge in [-0.3, -0.25) is 14.9 Å². The van der Waals surface area contributed by atoms with E-state index in [1.54, 1.807) is 31.3 Å². The van der Waals surface area contributed by atoms with Crippen LogP contribution in [0.1, 0.15) is 5.56 Å². The molecular formula is C13H11ClN2O3. The Balaban J connectivity index is 2.60. The third-order valence-corrected chi connectivity index (χ3v) is 3.17. The molecule has 6 heteroatoms. The van der Waals surface area contributed by atoms with E-state index >= 15 is 0 Å². The molecule has 0 unspecified atom stereocenters. The Morgan fingerprint density at radius 3 is 2.68 bits per heavy atom. The Labute approximate surface area is 114 Å². The van der Waals surface area contributed by atoms with Crippen molar-refractivity contribution in [3.63, 3.8) is 0 Å². The van der Waals surface area contributed by atoms with Gasteiger partial charge in [-0.15, -0.1) is 11.6 Å². The first-order valence-electron chi connectivity index (χ1n) is 5.54. The van der Waals surface area contributed by atoms with Crippen LogP contribution in [0.3, 0.4) is 0 Å². The van der Waals surface area contributed by atoms with Crippen molar-refractivity contribution >= 4 is 17.3 Å². The van der Waals surface area contributed by atoms with E-state index in [2.05, 4.69) is 0 Å². The van der Waals surface area contributed by atoms with Crippen LogP contribution in [0.4, 0.5) is 5.69 Å². The van der Waals surface area contributed by atoms with Gasteiger partial charge in [0, 0.05) is 30.3 Å². The first kappa shape index (κ1) is 13.3. The van der Waals surface area contributed by atoms with E-state index in [0.717, 1.165) is 0 Å². The zero-order valence-electron chi connectivity index (χ0n) is 10.2. The van der Waals surface area contributed by atoms with Crippen LogP contribution in [0.15, 0.2) is 41.2 Å². The van der Waals surface area contributed by atoms with Gasteiger partial charge in [-0.2, -0.15) is 0 Å². The van der Waals surface area contributed by atoms with Crippen LogP contribution in [-0.4, -0.2) is 9.49 Å². The minimum atomic E-state index is -0.464. The Morgan fingerprint density at radius 2 is 2.05 bits per heavy atom. The number of non-ortho nitro benzene ring substituents is 1. The molecule has 0 amide bonds. The Morgan fingerprint density at radius 1 is 1.32 bits per heavy atom. The van der Waals surface area contributed by atoms with E-state index in [0.29, 0.717) is 16.8 Å². The fourth-order valence-corrected chi connectivity index (χ4v) is 2.06. The number of alkyl halides is 1. The van der Waals surface area contributed by atoms with Crippen molar-refractivity contribution in [1.82, 2.24) is 4.57 Å². The summed E-state index contributed by atoms with van der Waals surface area (Å²) in [6.07, 6.45) is 0. The molecule has 98 valence electrons. The van der Waals surface area contributed by atoms with Crippen LogP contribution in [0.25, 0.3) is 11.3 Å². The van der Waals surface area contributed by atoms with Gasteiger partial charge >= 0.3 is 0 Å². The third kappa shape index (κ3) is 2.51. The first-order chi connectivity index (χ1) is 9.04. The van der Waals surface area contributed by atoms with Crippen molar-refractivity contribution in [2.24, 2.45) is 7.05 Å². The second kappa shape index (κ2) is 5.24. The lowest BCUT2D eigenvalue weighted by atomic mass is 10.1. The van der Waals surface area contributed by atoms with Gasteiger partial charge in [0.2, 0.25) is 0 Å². The molecule has 0 atom stereocenters. The summed E-state index contributed by atoms with van der Waals surface area (Å²) in [6, 6.07) is 9.54. The molecular weight excluding hydrogens is 268 g/mol. The topological polar surface area (TPSA) is 65.1 Å². The van der Waals surface area contributed by atoms with E-state index in [-0.39, 0.29) is 17.1 Å². The van der Waals surface area contributed by atoms with Crippen LogP contribution in [0.5, 0.6) is 0 Å². The van der Waals surface area contributed by atoms with E-state index in [1.807, 2.05) is 0 Å². The fourth-order valence-electron chi connectivity index (χ4n) is 1.86. The Kier molecular flexibility index (Phi) is 3.66. The van der Waals surface area contributed by atoms with Crippen molar-refractivity contribution in [2.75, 3.05) is 0 Å². The number of pyridine rings is 1. The van der Waals surface area contributed by atoms with Gasteiger partial charge in [0.05, 0.1) is 16.5 Å². The van der Waals surface area contributed by atoms with E-state index in [9.17, 15) is 14.9 Å². The lowest BCUT2D eigenvalue weighted by Gasteiger charge is -2.09. The Bertz CT molecular complexity index is 695. The largest absolute Gasteiger partial charge is 0.311 e. The number of benzene rings is 1.